The quantitative estimate of drug-likeness (QED) is 0.704. The van der Waals surface area contributed by atoms with Crippen molar-refractivity contribution in [3.63, 3.8) is 0 Å². The predicted molar refractivity (Wildman–Crippen MR) is 84.4 cm³/mol. The molecule has 106 valence electrons. The number of carbonyl (C=O) groups is 1. The number of thiophene rings is 1. The summed E-state index contributed by atoms with van der Waals surface area (Å²) in [5.41, 5.74) is 1.26. The standard InChI is InChI=1S/C15H9BrFNO2S/c1-7-2-9-10(15(19)20)5-12(13-4-8(16)6-21-13)18-14(9)11(17)3-7/h2-6H,1H3,(H,19,20). The lowest BCUT2D eigenvalue weighted by atomic mass is 10.0. The normalized spacial score (nSPS) is 11.0. The van der Waals surface area contributed by atoms with Gasteiger partial charge in [-0.15, -0.1) is 11.3 Å². The van der Waals surface area contributed by atoms with Gasteiger partial charge in [-0.25, -0.2) is 14.2 Å². The second kappa shape index (κ2) is 5.20. The van der Waals surface area contributed by atoms with Crippen molar-refractivity contribution in [2.75, 3.05) is 0 Å². The van der Waals surface area contributed by atoms with Gasteiger partial charge in [0.05, 0.1) is 16.1 Å². The molecule has 1 aromatic carbocycles. The zero-order valence-corrected chi connectivity index (χ0v) is 13.3. The lowest BCUT2D eigenvalue weighted by molar-refractivity contribution is 0.0699. The fraction of sp³-hybridized carbons (Fsp3) is 0.0667. The van der Waals surface area contributed by atoms with Gasteiger partial charge >= 0.3 is 5.97 Å². The molecule has 0 unspecified atom stereocenters. The number of carboxylic acids is 1. The Morgan fingerprint density at radius 3 is 2.71 bits per heavy atom. The van der Waals surface area contributed by atoms with Crippen LogP contribution in [0.25, 0.3) is 21.5 Å². The van der Waals surface area contributed by atoms with E-state index >= 15 is 0 Å². The van der Waals surface area contributed by atoms with Gasteiger partial charge in [0, 0.05) is 15.2 Å². The molecule has 3 aromatic rings. The maximum Gasteiger partial charge on any atom is 0.336 e. The number of aromatic nitrogens is 1. The van der Waals surface area contributed by atoms with Crippen LogP contribution >= 0.6 is 27.3 Å². The van der Waals surface area contributed by atoms with Gasteiger partial charge in [0.2, 0.25) is 0 Å². The van der Waals surface area contributed by atoms with Crippen molar-refractivity contribution in [1.82, 2.24) is 4.98 Å². The highest BCUT2D eigenvalue weighted by Crippen LogP contribution is 2.32. The monoisotopic (exact) mass is 365 g/mol. The summed E-state index contributed by atoms with van der Waals surface area (Å²) < 4.78 is 15.0. The maximum absolute atomic E-state index is 14.1. The van der Waals surface area contributed by atoms with Crippen LogP contribution in [-0.2, 0) is 0 Å². The Morgan fingerprint density at radius 1 is 1.33 bits per heavy atom. The average Bonchev–Trinajstić information content (AvgIpc) is 2.84. The lowest BCUT2D eigenvalue weighted by Gasteiger charge is -2.07. The summed E-state index contributed by atoms with van der Waals surface area (Å²) in [7, 11) is 0. The third-order valence-corrected chi connectivity index (χ3v) is 4.78. The second-order valence-corrected chi connectivity index (χ2v) is 6.46. The number of hydrogen-bond acceptors (Lipinski definition) is 3. The molecule has 6 heteroatoms. The zero-order valence-electron chi connectivity index (χ0n) is 10.9. The van der Waals surface area contributed by atoms with Crippen molar-refractivity contribution in [3.05, 3.63) is 51.1 Å². The summed E-state index contributed by atoms with van der Waals surface area (Å²) >= 11 is 4.76. The number of aryl methyl sites for hydroxylation is 1. The number of nitrogens with zero attached hydrogens (tertiary/aromatic N) is 1. The van der Waals surface area contributed by atoms with Gasteiger partial charge in [0.1, 0.15) is 11.3 Å². The molecule has 0 amide bonds. The molecule has 2 aromatic heterocycles. The van der Waals surface area contributed by atoms with E-state index in [1.165, 1.54) is 23.5 Å². The molecular weight excluding hydrogens is 357 g/mol. The number of rotatable bonds is 2. The second-order valence-electron chi connectivity index (χ2n) is 4.63. The number of aromatic carboxylic acids is 1. The van der Waals surface area contributed by atoms with E-state index in [-0.39, 0.29) is 11.1 Å². The Bertz CT molecular complexity index is 875. The molecule has 0 fully saturated rings. The van der Waals surface area contributed by atoms with E-state index in [9.17, 15) is 14.3 Å². The van der Waals surface area contributed by atoms with Crippen molar-refractivity contribution in [1.29, 1.82) is 0 Å². The number of fused-ring (bicyclic) bond motifs is 1. The highest BCUT2D eigenvalue weighted by Gasteiger charge is 2.16. The predicted octanol–water partition coefficient (Wildman–Crippen LogP) is 4.87. The number of benzene rings is 1. The van der Waals surface area contributed by atoms with Crippen molar-refractivity contribution >= 4 is 44.1 Å². The van der Waals surface area contributed by atoms with Crippen LogP contribution in [0, 0.1) is 12.7 Å². The number of hydrogen-bond donors (Lipinski definition) is 1. The molecule has 2 heterocycles. The van der Waals surface area contributed by atoms with E-state index in [1.54, 1.807) is 13.0 Å². The lowest BCUT2D eigenvalue weighted by Crippen LogP contribution is -2.01. The Hall–Kier alpha value is -1.79. The van der Waals surface area contributed by atoms with Crippen LogP contribution in [0.2, 0.25) is 0 Å². The fourth-order valence-electron chi connectivity index (χ4n) is 2.17. The molecule has 3 rings (SSSR count). The van der Waals surface area contributed by atoms with Crippen LogP contribution in [0.1, 0.15) is 15.9 Å². The first-order valence-corrected chi connectivity index (χ1v) is 7.71. The third-order valence-electron chi connectivity index (χ3n) is 3.06. The summed E-state index contributed by atoms with van der Waals surface area (Å²) in [6.45, 7) is 1.72. The van der Waals surface area contributed by atoms with Gasteiger partial charge in [0.15, 0.2) is 0 Å². The van der Waals surface area contributed by atoms with Crippen LogP contribution < -0.4 is 0 Å². The Morgan fingerprint density at radius 2 is 2.10 bits per heavy atom. The van der Waals surface area contributed by atoms with E-state index in [4.69, 9.17) is 0 Å². The molecule has 0 aliphatic heterocycles. The smallest absolute Gasteiger partial charge is 0.336 e. The largest absolute Gasteiger partial charge is 0.478 e. The highest BCUT2D eigenvalue weighted by atomic mass is 79.9. The zero-order chi connectivity index (χ0) is 15.1. The average molecular weight is 366 g/mol. The first kappa shape index (κ1) is 14.2. The summed E-state index contributed by atoms with van der Waals surface area (Å²) in [5.74, 6) is -1.60. The van der Waals surface area contributed by atoms with Gasteiger partial charge in [-0.3, -0.25) is 0 Å². The van der Waals surface area contributed by atoms with E-state index in [0.29, 0.717) is 16.6 Å². The van der Waals surface area contributed by atoms with E-state index in [1.807, 2.05) is 11.4 Å². The first-order valence-electron chi connectivity index (χ1n) is 6.04. The third kappa shape index (κ3) is 2.56. The summed E-state index contributed by atoms with van der Waals surface area (Å²) in [4.78, 5) is 16.5. The molecule has 0 spiro atoms. The number of halogens is 2. The van der Waals surface area contributed by atoms with E-state index in [0.717, 1.165) is 9.35 Å². The van der Waals surface area contributed by atoms with Gasteiger partial charge < -0.3 is 5.11 Å². The minimum atomic E-state index is -1.09. The summed E-state index contributed by atoms with van der Waals surface area (Å²) in [6, 6.07) is 6.32. The number of pyridine rings is 1. The van der Waals surface area contributed by atoms with Crippen molar-refractivity contribution in [3.8, 4) is 10.6 Å². The Labute approximate surface area is 132 Å². The van der Waals surface area contributed by atoms with Crippen molar-refractivity contribution in [2.24, 2.45) is 0 Å². The topological polar surface area (TPSA) is 50.2 Å². The molecule has 1 N–H and O–H groups in total. The minimum absolute atomic E-state index is 0.0575. The van der Waals surface area contributed by atoms with Gasteiger partial charge in [-0.1, -0.05) is 0 Å². The van der Waals surface area contributed by atoms with Crippen LogP contribution in [0.3, 0.4) is 0 Å². The molecule has 0 aliphatic rings. The van der Waals surface area contributed by atoms with Crippen LogP contribution in [-0.4, -0.2) is 16.1 Å². The number of carboxylic acid groups (broad SMARTS) is 1. The fourth-order valence-corrected chi connectivity index (χ4v) is 3.56. The molecule has 21 heavy (non-hydrogen) atoms. The molecule has 0 bridgehead atoms. The molecular formula is C15H9BrFNO2S. The molecule has 0 radical (unpaired) electrons. The van der Waals surface area contributed by atoms with Crippen LogP contribution in [0.4, 0.5) is 4.39 Å². The van der Waals surface area contributed by atoms with Crippen LogP contribution in [0.15, 0.2) is 34.1 Å². The molecule has 3 nitrogen and oxygen atoms in total. The van der Waals surface area contributed by atoms with Gasteiger partial charge in [0.25, 0.3) is 0 Å². The molecule has 0 aliphatic carbocycles. The van der Waals surface area contributed by atoms with E-state index < -0.39 is 11.8 Å². The minimum Gasteiger partial charge on any atom is -0.478 e. The molecule has 0 saturated carbocycles. The first-order chi connectivity index (χ1) is 9.95. The Kier molecular flexibility index (Phi) is 3.51. The van der Waals surface area contributed by atoms with Gasteiger partial charge in [-0.05, 0) is 52.7 Å². The van der Waals surface area contributed by atoms with Crippen molar-refractivity contribution in [2.45, 2.75) is 6.92 Å². The summed E-state index contributed by atoms with van der Waals surface area (Å²) in [6.07, 6.45) is 0. The summed E-state index contributed by atoms with van der Waals surface area (Å²) in [5, 5.41) is 11.6. The maximum atomic E-state index is 14.1. The van der Waals surface area contributed by atoms with E-state index in [2.05, 4.69) is 20.9 Å². The SMILES string of the molecule is Cc1cc(F)c2nc(-c3cc(Br)cs3)cc(C(=O)O)c2c1. The Balaban J connectivity index is 2.37. The molecule has 0 atom stereocenters. The van der Waals surface area contributed by atoms with Crippen molar-refractivity contribution < 1.29 is 14.3 Å². The van der Waals surface area contributed by atoms with Crippen LogP contribution in [0.5, 0.6) is 0 Å². The highest BCUT2D eigenvalue weighted by molar-refractivity contribution is 9.10. The molecule has 0 saturated heterocycles. The van der Waals surface area contributed by atoms with Gasteiger partial charge in [-0.2, -0.15) is 0 Å².